The highest BCUT2D eigenvalue weighted by atomic mass is 35.5. The van der Waals surface area contributed by atoms with E-state index in [1.54, 1.807) is 67.3 Å². The minimum Gasteiger partial charge on any atom is -0.478 e. The summed E-state index contributed by atoms with van der Waals surface area (Å²) in [7, 11) is 0. The highest BCUT2D eigenvalue weighted by Gasteiger charge is 2.33. The standard InChI is InChI=1S/C21H24ClNO3/c1-5-23(6-2)20(25)21(3,4)26-18-13-9-16(10-14-18)19(24)15-7-11-17(22)12-8-15/h7-14H,5-6H2,1-4H3. The van der Waals surface area contributed by atoms with Crippen LogP contribution in [0.2, 0.25) is 5.02 Å². The molecule has 0 unspecified atom stereocenters. The van der Waals surface area contributed by atoms with Gasteiger partial charge >= 0.3 is 0 Å². The molecule has 2 aromatic rings. The molecule has 0 saturated heterocycles. The number of hydrogen-bond acceptors (Lipinski definition) is 3. The van der Waals surface area contributed by atoms with Crippen molar-refractivity contribution >= 4 is 23.3 Å². The smallest absolute Gasteiger partial charge is 0.266 e. The number of benzene rings is 2. The molecule has 4 nitrogen and oxygen atoms in total. The van der Waals surface area contributed by atoms with Crippen molar-refractivity contribution in [3.8, 4) is 5.75 Å². The molecule has 0 aliphatic rings. The van der Waals surface area contributed by atoms with Gasteiger partial charge in [0.2, 0.25) is 0 Å². The lowest BCUT2D eigenvalue weighted by Gasteiger charge is -2.31. The molecule has 0 N–H and O–H groups in total. The van der Waals surface area contributed by atoms with E-state index in [1.807, 2.05) is 13.8 Å². The highest BCUT2D eigenvalue weighted by molar-refractivity contribution is 6.30. The number of rotatable bonds is 7. The van der Waals surface area contributed by atoms with E-state index in [0.717, 1.165) is 0 Å². The van der Waals surface area contributed by atoms with Gasteiger partial charge in [-0.25, -0.2) is 0 Å². The maximum atomic E-state index is 12.6. The molecular weight excluding hydrogens is 350 g/mol. The number of ketones is 1. The third-order valence-corrected chi connectivity index (χ3v) is 4.41. The van der Waals surface area contributed by atoms with Gasteiger partial charge in [-0.05, 0) is 76.2 Å². The molecule has 0 aliphatic heterocycles. The second-order valence-electron chi connectivity index (χ2n) is 6.45. The van der Waals surface area contributed by atoms with Gasteiger partial charge in [0.25, 0.3) is 5.91 Å². The van der Waals surface area contributed by atoms with Crippen molar-refractivity contribution in [2.24, 2.45) is 0 Å². The summed E-state index contributed by atoms with van der Waals surface area (Å²) in [6.45, 7) is 8.65. The first-order chi connectivity index (χ1) is 12.3. The molecule has 0 bridgehead atoms. The predicted octanol–water partition coefficient (Wildman–Crippen LogP) is 4.60. The van der Waals surface area contributed by atoms with Crippen molar-refractivity contribution in [2.45, 2.75) is 33.3 Å². The third kappa shape index (κ3) is 4.64. The van der Waals surface area contributed by atoms with Gasteiger partial charge in [0.05, 0.1) is 0 Å². The minimum absolute atomic E-state index is 0.0659. The lowest BCUT2D eigenvalue weighted by atomic mass is 10.0. The van der Waals surface area contributed by atoms with Crippen LogP contribution in [0.3, 0.4) is 0 Å². The van der Waals surface area contributed by atoms with Gasteiger partial charge < -0.3 is 9.64 Å². The Hall–Kier alpha value is -2.33. The largest absolute Gasteiger partial charge is 0.478 e. The second-order valence-corrected chi connectivity index (χ2v) is 6.89. The number of nitrogens with zero attached hydrogens (tertiary/aromatic N) is 1. The summed E-state index contributed by atoms with van der Waals surface area (Å²) in [4.78, 5) is 26.8. The molecule has 26 heavy (non-hydrogen) atoms. The van der Waals surface area contributed by atoms with Crippen LogP contribution in [0.15, 0.2) is 48.5 Å². The molecule has 0 fully saturated rings. The first-order valence-corrected chi connectivity index (χ1v) is 9.05. The Morgan fingerprint density at radius 1 is 0.923 bits per heavy atom. The van der Waals surface area contributed by atoms with Gasteiger partial charge in [0.15, 0.2) is 11.4 Å². The van der Waals surface area contributed by atoms with Crippen molar-refractivity contribution in [1.82, 2.24) is 4.90 Å². The van der Waals surface area contributed by atoms with E-state index in [0.29, 0.717) is 35.0 Å². The van der Waals surface area contributed by atoms with Gasteiger partial charge in [0, 0.05) is 29.2 Å². The van der Waals surface area contributed by atoms with Crippen LogP contribution < -0.4 is 4.74 Å². The predicted molar refractivity (Wildman–Crippen MR) is 104 cm³/mol. The molecule has 0 aromatic heterocycles. The van der Waals surface area contributed by atoms with E-state index in [2.05, 4.69) is 0 Å². The van der Waals surface area contributed by atoms with E-state index >= 15 is 0 Å². The molecular formula is C21H24ClNO3. The molecule has 5 heteroatoms. The molecule has 2 rings (SSSR count). The Morgan fingerprint density at radius 3 is 1.85 bits per heavy atom. The fraction of sp³-hybridized carbons (Fsp3) is 0.333. The quantitative estimate of drug-likeness (QED) is 0.666. The Labute approximate surface area is 159 Å². The Kier molecular flexibility index (Phi) is 6.43. The molecule has 1 amide bonds. The average molecular weight is 374 g/mol. The SMILES string of the molecule is CCN(CC)C(=O)C(C)(C)Oc1ccc(C(=O)c2ccc(Cl)cc2)cc1. The molecule has 2 aromatic carbocycles. The maximum Gasteiger partial charge on any atom is 0.266 e. The number of amides is 1. The minimum atomic E-state index is -0.978. The number of likely N-dealkylation sites (N-methyl/N-ethyl adjacent to an activating group) is 1. The summed E-state index contributed by atoms with van der Waals surface area (Å²) in [5, 5.41) is 0.588. The summed E-state index contributed by atoms with van der Waals surface area (Å²) in [5.41, 5.74) is 0.140. The molecule has 0 saturated carbocycles. The van der Waals surface area contributed by atoms with Crippen LogP contribution in [0.4, 0.5) is 0 Å². The van der Waals surface area contributed by atoms with Crippen molar-refractivity contribution in [3.05, 3.63) is 64.7 Å². The van der Waals surface area contributed by atoms with Gasteiger partial charge in [-0.1, -0.05) is 11.6 Å². The average Bonchev–Trinajstić information content (AvgIpc) is 2.63. The summed E-state index contributed by atoms with van der Waals surface area (Å²) >= 11 is 5.85. The van der Waals surface area contributed by atoms with Crippen LogP contribution in [-0.2, 0) is 4.79 Å². The van der Waals surface area contributed by atoms with Crippen LogP contribution in [0.25, 0.3) is 0 Å². The zero-order chi connectivity index (χ0) is 19.3. The van der Waals surface area contributed by atoms with Gasteiger partial charge in [0.1, 0.15) is 5.75 Å². The van der Waals surface area contributed by atoms with Crippen LogP contribution in [0.1, 0.15) is 43.6 Å². The van der Waals surface area contributed by atoms with Gasteiger partial charge in [-0.3, -0.25) is 9.59 Å². The van der Waals surface area contributed by atoms with Crippen molar-refractivity contribution < 1.29 is 14.3 Å². The number of carbonyl (C=O) groups excluding carboxylic acids is 2. The van der Waals surface area contributed by atoms with Crippen LogP contribution >= 0.6 is 11.6 Å². The van der Waals surface area contributed by atoms with Crippen molar-refractivity contribution in [3.63, 3.8) is 0 Å². The Morgan fingerprint density at radius 2 is 1.38 bits per heavy atom. The highest BCUT2D eigenvalue weighted by Crippen LogP contribution is 2.22. The summed E-state index contributed by atoms with van der Waals surface area (Å²) in [6, 6.07) is 13.6. The topological polar surface area (TPSA) is 46.6 Å². The normalized spacial score (nSPS) is 11.1. The fourth-order valence-corrected chi connectivity index (χ4v) is 2.80. The molecule has 0 radical (unpaired) electrons. The monoisotopic (exact) mass is 373 g/mol. The lowest BCUT2D eigenvalue weighted by molar-refractivity contribution is -0.145. The molecule has 138 valence electrons. The van der Waals surface area contributed by atoms with E-state index in [1.165, 1.54) is 0 Å². The number of hydrogen-bond donors (Lipinski definition) is 0. The number of halogens is 1. The Bertz CT molecular complexity index is 763. The zero-order valence-corrected chi connectivity index (χ0v) is 16.3. The number of carbonyl (C=O) groups is 2. The van der Waals surface area contributed by atoms with Crippen LogP contribution in [0, 0.1) is 0 Å². The van der Waals surface area contributed by atoms with E-state index in [9.17, 15) is 9.59 Å². The lowest BCUT2D eigenvalue weighted by Crippen LogP contribution is -2.48. The Balaban J connectivity index is 2.12. The summed E-state index contributed by atoms with van der Waals surface area (Å²) in [6.07, 6.45) is 0. The molecule has 0 atom stereocenters. The van der Waals surface area contributed by atoms with Crippen molar-refractivity contribution in [2.75, 3.05) is 13.1 Å². The fourth-order valence-electron chi connectivity index (χ4n) is 2.67. The molecule has 0 aliphatic carbocycles. The van der Waals surface area contributed by atoms with E-state index in [-0.39, 0.29) is 11.7 Å². The summed E-state index contributed by atoms with van der Waals surface area (Å²) < 4.78 is 5.88. The van der Waals surface area contributed by atoms with Gasteiger partial charge in [-0.15, -0.1) is 0 Å². The second kappa shape index (κ2) is 8.37. The first-order valence-electron chi connectivity index (χ1n) is 8.67. The van der Waals surface area contributed by atoms with Gasteiger partial charge in [-0.2, -0.15) is 0 Å². The maximum absolute atomic E-state index is 12.6. The van der Waals surface area contributed by atoms with Crippen LogP contribution in [0.5, 0.6) is 5.75 Å². The van der Waals surface area contributed by atoms with Crippen molar-refractivity contribution in [1.29, 1.82) is 0 Å². The molecule has 0 spiro atoms. The summed E-state index contributed by atoms with van der Waals surface area (Å²) in [5.74, 6) is 0.388. The van der Waals surface area contributed by atoms with E-state index < -0.39 is 5.60 Å². The number of ether oxygens (including phenoxy) is 1. The van der Waals surface area contributed by atoms with Crippen LogP contribution in [-0.4, -0.2) is 35.3 Å². The molecule has 0 heterocycles. The van der Waals surface area contributed by atoms with E-state index in [4.69, 9.17) is 16.3 Å². The first kappa shape index (κ1) is 20.0. The third-order valence-electron chi connectivity index (χ3n) is 4.16. The zero-order valence-electron chi connectivity index (χ0n) is 15.6.